The van der Waals surface area contributed by atoms with Crippen LogP contribution in [-0.2, 0) is 6.54 Å². The Balaban J connectivity index is 2.85. The monoisotopic (exact) mass is 206 g/mol. The van der Waals surface area contributed by atoms with E-state index >= 15 is 0 Å². The van der Waals surface area contributed by atoms with Gasteiger partial charge in [0.1, 0.15) is 5.75 Å². The molecule has 1 aromatic heterocycles. The highest BCUT2D eigenvalue weighted by Crippen LogP contribution is 2.23. The van der Waals surface area contributed by atoms with Crippen molar-refractivity contribution in [2.24, 2.45) is 0 Å². The topological polar surface area (TPSA) is 34.2 Å². The molecule has 0 atom stereocenters. The summed E-state index contributed by atoms with van der Waals surface area (Å²) in [4.78, 5) is 4.38. The van der Waals surface area contributed by atoms with Crippen molar-refractivity contribution in [3.8, 4) is 5.75 Å². The number of pyridine rings is 1. The quantitative estimate of drug-likeness (QED) is 0.591. The van der Waals surface area contributed by atoms with Gasteiger partial charge in [-0.2, -0.15) is 0 Å². The van der Waals surface area contributed by atoms with E-state index in [0.717, 1.165) is 35.7 Å². The van der Waals surface area contributed by atoms with Gasteiger partial charge in [0.05, 0.1) is 12.8 Å². The van der Waals surface area contributed by atoms with Crippen LogP contribution in [0.2, 0.25) is 0 Å². The number of hydrogen-bond acceptors (Lipinski definition) is 3. The number of aryl methyl sites for hydroxylation is 1. The Bertz CT molecular complexity index is 348. The van der Waals surface area contributed by atoms with Gasteiger partial charge in [0, 0.05) is 30.4 Å². The van der Waals surface area contributed by atoms with Gasteiger partial charge in [-0.25, -0.2) is 0 Å². The Kier molecular flexibility index (Phi) is 4.31. The van der Waals surface area contributed by atoms with Gasteiger partial charge in [-0.05, 0) is 13.8 Å². The lowest BCUT2D eigenvalue weighted by molar-refractivity contribution is 0.406. The number of aromatic nitrogens is 1. The number of hydrogen-bond donors (Lipinski definition) is 1. The van der Waals surface area contributed by atoms with Gasteiger partial charge in [-0.1, -0.05) is 6.08 Å². The molecule has 15 heavy (non-hydrogen) atoms. The number of rotatable bonds is 5. The van der Waals surface area contributed by atoms with Crippen LogP contribution >= 0.6 is 0 Å². The SMILES string of the molecule is C=CCNCc1ncc(C)c(OC)c1C. The molecule has 1 aromatic rings. The summed E-state index contributed by atoms with van der Waals surface area (Å²) >= 11 is 0. The highest BCUT2D eigenvalue weighted by atomic mass is 16.5. The van der Waals surface area contributed by atoms with E-state index in [1.54, 1.807) is 7.11 Å². The molecule has 3 nitrogen and oxygen atoms in total. The smallest absolute Gasteiger partial charge is 0.128 e. The summed E-state index contributed by atoms with van der Waals surface area (Å²) in [5.41, 5.74) is 3.20. The standard InChI is InChI=1S/C12H18N2O/c1-5-6-13-8-11-10(3)12(15-4)9(2)7-14-11/h5,7,13H,1,6,8H2,2-4H3. The molecule has 0 fully saturated rings. The lowest BCUT2D eigenvalue weighted by Gasteiger charge is -2.12. The van der Waals surface area contributed by atoms with Crippen LogP contribution in [0.3, 0.4) is 0 Å². The minimum atomic E-state index is 0.745. The largest absolute Gasteiger partial charge is 0.496 e. The third-order valence-corrected chi connectivity index (χ3v) is 2.33. The molecule has 0 amide bonds. The molecule has 0 spiro atoms. The average Bonchev–Trinajstić information content (AvgIpc) is 2.22. The first-order valence-corrected chi connectivity index (χ1v) is 5.01. The van der Waals surface area contributed by atoms with Crippen LogP contribution in [0.15, 0.2) is 18.9 Å². The molecule has 0 bridgehead atoms. The van der Waals surface area contributed by atoms with Crippen LogP contribution in [0.25, 0.3) is 0 Å². The molecule has 0 saturated carbocycles. The first-order valence-electron chi connectivity index (χ1n) is 5.01. The maximum atomic E-state index is 5.33. The first kappa shape index (κ1) is 11.7. The molecular formula is C12H18N2O. The molecule has 0 aliphatic rings. The second kappa shape index (κ2) is 5.51. The van der Waals surface area contributed by atoms with Crippen molar-refractivity contribution in [2.45, 2.75) is 20.4 Å². The molecule has 0 radical (unpaired) electrons. The van der Waals surface area contributed by atoms with E-state index in [4.69, 9.17) is 4.74 Å². The van der Waals surface area contributed by atoms with E-state index in [0.29, 0.717) is 0 Å². The van der Waals surface area contributed by atoms with Gasteiger partial charge in [-0.15, -0.1) is 6.58 Å². The van der Waals surface area contributed by atoms with Crippen LogP contribution in [0.1, 0.15) is 16.8 Å². The summed E-state index contributed by atoms with van der Waals surface area (Å²) in [6.45, 7) is 9.22. The summed E-state index contributed by atoms with van der Waals surface area (Å²) in [6.07, 6.45) is 3.68. The lowest BCUT2D eigenvalue weighted by Crippen LogP contribution is -2.15. The summed E-state index contributed by atoms with van der Waals surface area (Å²) < 4.78 is 5.33. The predicted molar refractivity (Wildman–Crippen MR) is 62.2 cm³/mol. The number of nitrogens with zero attached hydrogens (tertiary/aromatic N) is 1. The van der Waals surface area contributed by atoms with Crippen LogP contribution in [-0.4, -0.2) is 18.6 Å². The van der Waals surface area contributed by atoms with Gasteiger partial charge in [-0.3, -0.25) is 4.98 Å². The Labute approximate surface area is 91.2 Å². The summed E-state index contributed by atoms with van der Waals surface area (Å²) in [5, 5.41) is 3.23. The van der Waals surface area contributed by atoms with Crippen molar-refractivity contribution < 1.29 is 4.74 Å². The number of ether oxygens (including phenoxy) is 1. The minimum absolute atomic E-state index is 0.745. The molecule has 1 N–H and O–H groups in total. The van der Waals surface area contributed by atoms with Gasteiger partial charge in [0.15, 0.2) is 0 Å². The maximum Gasteiger partial charge on any atom is 0.128 e. The van der Waals surface area contributed by atoms with Crippen LogP contribution in [0.5, 0.6) is 5.75 Å². The van der Waals surface area contributed by atoms with E-state index < -0.39 is 0 Å². The second-order valence-corrected chi connectivity index (χ2v) is 3.47. The highest BCUT2D eigenvalue weighted by Gasteiger charge is 2.08. The van der Waals surface area contributed by atoms with E-state index in [1.807, 2.05) is 26.1 Å². The molecule has 3 heteroatoms. The molecule has 0 unspecified atom stereocenters. The second-order valence-electron chi connectivity index (χ2n) is 3.47. The molecule has 1 rings (SSSR count). The Morgan fingerprint density at radius 1 is 1.53 bits per heavy atom. The molecule has 0 aromatic carbocycles. The van der Waals surface area contributed by atoms with Gasteiger partial charge in [0.2, 0.25) is 0 Å². The minimum Gasteiger partial charge on any atom is -0.496 e. The first-order chi connectivity index (χ1) is 7.20. The summed E-state index contributed by atoms with van der Waals surface area (Å²) in [7, 11) is 1.69. The fraction of sp³-hybridized carbons (Fsp3) is 0.417. The van der Waals surface area contributed by atoms with Crippen molar-refractivity contribution in [2.75, 3.05) is 13.7 Å². The van der Waals surface area contributed by atoms with Crippen molar-refractivity contribution in [1.82, 2.24) is 10.3 Å². The average molecular weight is 206 g/mol. The number of nitrogens with one attached hydrogen (secondary N) is 1. The van der Waals surface area contributed by atoms with Crippen LogP contribution in [0, 0.1) is 13.8 Å². The van der Waals surface area contributed by atoms with Gasteiger partial charge in [0.25, 0.3) is 0 Å². The van der Waals surface area contributed by atoms with Crippen LogP contribution in [0.4, 0.5) is 0 Å². The van der Waals surface area contributed by atoms with Crippen molar-refractivity contribution in [3.63, 3.8) is 0 Å². The predicted octanol–water partition coefficient (Wildman–Crippen LogP) is 1.98. The van der Waals surface area contributed by atoms with E-state index in [2.05, 4.69) is 16.9 Å². The molecule has 1 heterocycles. The normalized spacial score (nSPS) is 10.1. The zero-order valence-electron chi connectivity index (χ0n) is 9.63. The third kappa shape index (κ3) is 2.80. The van der Waals surface area contributed by atoms with Gasteiger partial charge >= 0.3 is 0 Å². The molecule has 0 aliphatic carbocycles. The van der Waals surface area contributed by atoms with E-state index in [1.165, 1.54) is 0 Å². The molecule has 82 valence electrons. The van der Waals surface area contributed by atoms with E-state index in [-0.39, 0.29) is 0 Å². The van der Waals surface area contributed by atoms with Crippen molar-refractivity contribution in [1.29, 1.82) is 0 Å². The molecule has 0 aliphatic heterocycles. The fourth-order valence-corrected chi connectivity index (χ4v) is 1.54. The Morgan fingerprint density at radius 2 is 2.27 bits per heavy atom. The van der Waals surface area contributed by atoms with E-state index in [9.17, 15) is 0 Å². The maximum absolute atomic E-state index is 5.33. The van der Waals surface area contributed by atoms with Crippen molar-refractivity contribution >= 4 is 0 Å². The lowest BCUT2D eigenvalue weighted by atomic mass is 10.1. The zero-order valence-corrected chi connectivity index (χ0v) is 9.63. The molecular weight excluding hydrogens is 188 g/mol. The van der Waals surface area contributed by atoms with Crippen LogP contribution < -0.4 is 10.1 Å². The van der Waals surface area contributed by atoms with Crippen molar-refractivity contribution in [3.05, 3.63) is 35.7 Å². The summed E-state index contributed by atoms with van der Waals surface area (Å²) in [6, 6.07) is 0. The Hall–Kier alpha value is -1.35. The summed E-state index contributed by atoms with van der Waals surface area (Å²) in [5.74, 6) is 0.931. The van der Waals surface area contributed by atoms with Gasteiger partial charge < -0.3 is 10.1 Å². The number of methoxy groups -OCH3 is 1. The zero-order chi connectivity index (χ0) is 11.3. The third-order valence-electron chi connectivity index (χ3n) is 2.33. The molecule has 0 saturated heterocycles. The highest BCUT2D eigenvalue weighted by molar-refractivity contribution is 5.40. The Morgan fingerprint density at radius 3 is 2.87 bits per heavy atom. The fourth-order valence-electron chi connectivity index (χ4n) is 1.54.